The van der Waals surface area contributed by atoms with Gasteiger partial charge in [0.05, 0.1) is 11.6 Å². The SMILES string of the molecule is CCCCC(CC(=O)Nc1ccc2ccc(-c3nc(C4CCC4)cs3)cc2c1)C(=O)O. The third kappa shape index (κ3) is 5.13. The molecule has 0 spiro atoms. The van der Waals surface area contributed by atoms with Gasteiger partial charge in [0, 0.05) is 29.0 Å². The highest BCUT2D eigenvalue weighted by Crippen LogP contribution is 2.38. The van der Waals surface area contributed by atoms with Crippen LogP contribution in [0.3, 0.4) is 0 Å². The molecule has 1 amide bonds. The molecule has 0 bridgehead atoms. The Kier molecular flexibility index (Phi) is 6.66. The van der Waals surface area contributed by atoms with Crippen molar-refractivity contribution in [1.29, 1.82) is 0 Å². The molecular formula is C25H28N2O3S. The van der Waals surface area contributed by atoms with Crippen molar-refractivity contribution in [2.75, 3.05) is 5.32 Å². The lowest BCUT2D eigenvalue weighted by Gasteiger charge is -2.22. The fourth-order valence-corrected chi connectivity index (χ4v) is 4.87. The van der Waals surface area contributed by atoms with Crippen molar-refractivity contribution in [2.45, 2.75) is 57.8 Å². The van der Waals surface area contributed by atoms with Crippen LogP contribution in [0.2, 0.25) is 0 Å². The van der Waals surface area contributed by atoms with Crippen LogP contribution in [-0.2, 0) is 9.59 Å². The van der Waals surface area contributed by atoms with Crippen molar-refractivity contribution in [3.05, 3.63) is 47.5 Å². The molecule has 1 heterocycles. The summed E-state index contributed by atoms with van der Waals surface area (Å²) < 4.78 is 0. The third-order valence-electron chi connectivity index (χ3n) is 6.10. The second-order valence-corrected chi connectivity index (χ2v) is 9.27. The van der Waals surface area contributed by atoms with Gasteiger partial charge in [-0.25, -0.2) is 4.98 Å². The maximum Gasteiger partial charge on any atom is 0.307 e. The van der Waals surface area contributed by atoms with Crippen LogP contribution < -0.4 is 5.32 Å². The van der Waals surface area contributed by atoms with Gasteiger partial charge in [-0.1, -0.05) is 44.4 Å². The number of amides is 1. The van der Waals surface area contributed by atoms with E-state index in [2.05, 4.69) is 28.9 Å². The maximum atomic E-state index is 12.4. The number of fused-ring (bicyclic) bond motifs is 1. The Labute approximate surface area is 186 Å². The van der Waals surface area contributed by atoms with Gasteiger partial charge in [0.25, 0.3) is 0 Å². The summed E-state index contributed by atoms with van der Waals surface area (Å²) in [6, 6.07) is 12.1. The van der Waals surface area contributed by atoms with E-state index < -0.39 is 11.9 Å². The maximum absolute atomic E-state index is 12.4. The number of nitrogens with zero attached hydrogens (tertiary/aromatic N) is 1. The van der Waals surface area contributed by atoms with Gasteiger partial charge in [0.15, 0.2) is 0 Å². The molecule has 162 valence electrons. The lowest BCUT2D eigenvalue weighted by atomic mass is 9.83. The van der Waals surface area contributed by atoms with Crippen LogP contribution in [0.25, 0.3) is 21.3 Å². The van der Waals surface area contributed by atoms with E-state index in [0.29, 0.717) is 18.0 Å². The van der Waals surface area contributed by atoms with Gasteiger partial charge in [-0.2, -0.15) is 0 Å². The molecule has 1 aromatic heterocycles. The molecule has 1 saturated carbocycles. The van der Waals surface area contributed by atoms with Crippen molar-refractivity contribution in [1.82, 2.24) is 4.98 Å². The van der Waals surface area contributed by atoms with Crippen molar-refractivity contribution in [3.63, 3.8) is 0 Å². The number of anilines is 1. The normalized spacial score (nSPS) is 14.9. The first-order valence-electron chi connectivity index (χ1n) is 11.1. The number of carboxylic acids is 1. The summed E-state index contributed by atoms with van der Waals surface area (Å²) in [7, 11) is 0. The van der Waals surface area contributed by atoms with Gasteiger partial charge in [-0.05, 0) is 48.2 Å². The summed E-state index contributed by atoms with van der Waals surface area (Å²) in [5, 5.41) is 17.6. The molecule has 3 aromatic rings. The number of aromatic nitrogens is 1. The fourth-order valence-electron chi connectivity index (χ4n) is 3.97. The first-order valence-corrected chi connectivity index (χ1v) is 11.9. The van der Waals surface area contributed by atoms with Crippen LogP contribution >= 0.6 is 11.3 Å². The first kappa shape index (κ1) is 21.5. The number of carbonyl (C=O) groups excluding carboxylic acids is 1. The van der Waals surface area contributed by atoms with Gasteiger partial charge >= 0.3 is 5.97 Å². The number of hydrogen-bond acceptors (Lipinski definition) is 4. The van der Waals surface area contributed by atoms with Gasteiger partial charge in [0.1, 0.15) is 5.01 Å². The zero-order valence-electron chi connectivity index (χ0n) is 17.8. The molecule has 0 radical (unpaired) electrons. The highest BCUT2D eigenvalue weighted by molar-refractivity contribution is 7.13. The number of unbranched alkanes of at least 4 members (excludes halogenated alkanes) is 1. The van der Waals surface area contributed by atoms with E-state index in [9.17, 15) is 14.7 Å². The molecule has 1 unspecified atom stereocenters. The zero-order chi connectivity index (χ0) is 21.8. The summed E-state index contributed by atoms with van der Waals surface area (Å²) in [6.07, 6.45) is 6.03. The first-order chi connectivity index (χ1) is 15.0. The number of thiazole rings is 1. The number of hydrogen-bond donors (Lipinski definition) is 2. The smallest absolute Gasteiger partial charge is 0.307 e. The number of benzene rings is 2. The molecule has 1 aliphatic rings. The molecule has 0 saturated heterocycles. The predicted molar refractivity (Wildman–Crippen MR) is 126 cm³/mol. The number of rotatable bonds is 9. The number of nitrogens with one attached hydrogen (secondary N) is 1. The van der Waals surface area contributed by atoms with Crippen LogP contribution in [0.5, 0.6) is 0 Å². The van der Waals surface area contributed by atoms with Gasteiger partial charge in [-0.15, -0.1) is 11.3 Å². The van der Waals surface area contributed by atoms with E-state index >= 15 is 0 Å². The Morgan fingerprint density at radius 3 is 2.71 bits per heavy atom. The Balaban J connectivity index is 1.48. The van der Waals surface area contributed by atoms with Gasteiger partial charge in [0.2, 0.25) is 5.91 Å². The van der Waals surface area contributed by atoms with Crippen molar-refractivity contribution in [2.24, 2.45) is 5.92 Å². The largest absolute Gasteiger partial charge is 0.481 e. The van der Waals surface area contributed by atoms with Gasteiger partial charge < -0.3 is 10.4 Å². The van der Waals surface area contributed by atoms with Crippen molar-refractivity contribution in [3.8, 4) is 10.6 Å². The van der Waals surface area contributed by atoms with E-state index in [4.69, 9.17) is 4.98 Å². The average Bonchev–Trinajstić information content (AvgIpc) is 3.18. The molecule has 5 nitrogen and oxygen atoms in total. The Morgan fingerprint density at radius 1 is 1.19 bits per heavy atom. The molecule has 1 atom stereocenters. The molecule has 0 aliphatic heterocycles. The topological polar surface area (TPSA) is 79.3 Å². The zero-order valence-corrected chi connectivity index (χ0v) is 18.6. The summed E-state index contributed by atoms with van der Waals surface area (Å²) >= 11 is 1.68. The summed E-state index contributed by atoms with van der Waals surface area (Å²) in [5.41, 5.74) is 2.98. The molecule has 31 heavy (non-hydrogen) atoms. The Hall–Kier alpha value is -2.73. The van der Waals surface area contributed by atoms with Crippen LogP contribution in [0, 0.1) is 5.92 Å². The molecule has 1 aliphatic carbocycles. The second kappa shape index (κ2) is 9.60. The molecule has 2 aromatic carbocycles. The predicted octanol–water partition coefficient (Wildman–Crippen LogP) is 6.45. The minimum absolute atomic E-state index is 0.00350. The minimum Gasteiger partial charge on any atom is -0.481 e. The summed E-state index contributed by atoms with van der Waals surface area (Å²) in [5.74, 6) is -1.18. The second-order valence-electron chi connectivity index (χ2n) is 8.41. The van der Waals surface area contributed by atoms with E-state index in [1.807, 2.05) is 25.1 Å². The minimum atomic E-state index is -0.906. The van der Waals surface area contributed by atoms with E-state index in [1.165, 1.54) is 25.0 Å². The van der Waals surface area contributed by atoms with Crippen LogP contribution in [0.4, 0.5) is 5.69 Å². The average molecular weight is 437 g/mol. The lowest BCUT2D eigenvalue weighted by molar-refractivity contribution is -0.143. The molecule has 4 rings (SSSR count). The number of carbonyl (C=O) groups is 2. The van der Waals surface area contributed by atoms with E-state index in [-0.39, 0.29) is 12.3 Å². The highest BCUT2D eigenvalue weighted by atomic mass is 32.1. The quantitative estimate of drug-likeness (QED) is 0.404. The standard InChI is InChI=1S/C25H28N2O3S/c1-2-3-5-19(25(29)30)14-23(28)26-21-11-10-16-8-9-18(12-20(16)13-21)24-27-22(15-31-24)17-6-4-7-17/h8-13,15,17,19H,2-7,14H2,1H3,(H,26,28)(H,29,30). The monoisotopic (exact) mass is 436 g/mol. The van der Waals surface area contributed by atoms with Crippen LogP contribution in [-0.4, -0.2) is 22.0 Å². The lowest BCUT2D eigenvalue weighted by Crippen LogP contribution is -2.22. The number of aliphatic carboxylic acids is 1. The third-order valence-corrected chi connectivity index (χ3v) is 7.01. The number of carboxylic acid groups (broad SMARTS) is 1. The van der Waals surface area contributed by atoms with Crippen molar-refractivity contribution < 1.29 is 14.7 Å². The van der Waals surface area contributed by atoms with Crippen molar-refractivity contribution >= 4 is 39.7 Å². The van der Waals surface area contributed by atoms with Crippen LogP contribution in [0.1, 0.15) is 63.5 Å². The Morgan fingerprint density at radius 2 is 2.00 bits per heavy atom. The Bertz CT molecular complexity index is 1090. The fraction of sp³-hybridized carbons (Fsp3) is 0.400. The van der Waals surface area contributed by atoms with Gasteiger partial charge in [-0.3, -0.25) is 9.59 Å². The highest BCUT2D eigenvalue weighted by Gasteiger charge is 2.22. The van der Waals surface area contributed by atoms with Crippen LogP contribution in [0.15, 0.2) is 41.8 Å². The summed E-state index contributed by atoms with van der Waals surface area (Å²) in [4.78, 5) is 28.7. The molecule has 6 heteroatoms. The molecular weight excluding hydrogens is 408 g/mol. The molecule has 2 N–H and O–H groups in total. The van der Waals surface area contributed by atoms with E-state index in [1.54, 1.807) is 11.3 Å². The molecule has 1 fully saturated rings. The summed E-state index contributed by atoms with van der Waals surface area (Å²) in [6.45, 7) is 2.02. The van der Waals surface area contributed by atoms with E-state index in [0.717, 1.165) is 34.2 Å².